The minimum atomic E-state index is -0.624. The van der Waals surface area contributed by atoms with E-state index in [1.807, 2.05) is 37.4 Å². The molecule has 0 bridgehead atoms. The summed E-state index contributed by atoms with van der Waals surface area (Å²) in [6.45, 7) is 1.99. The van der Waals surface area contributed by atoms with Crippen molar-refractivity contribution >= 4 is 29.3 Å². The van der Waals surface area contributed by atoms with Gasteiger partial charge in [-0.1, -0.05) is 29.8 Å². The molecule has 2 aromatic carbocycles. The summed E-state index contributed by atoms with van der Waals surface area (Å²) in [5.41, 5.74) is 2.24. The smallest absolute Gasteiger partial charge is 0.255 e. The molecule has 0 aromatic heterocycles. The molecule has 5 nitrogen and oxygen atoms in total. The number of ether oxygens (including phenoxy) is 1. The van der Waals surface area contributed by atoms with Crippen molar-refractivity contribution in [3.8, 4) is 5.75 Å². The molecule has 0 aliphatic rings. The Labute approximate surface area is 158 Å². The highest BCUT2D eigenvalue weighted by Gasteiger charge is 2.22. The van der Waals surface area contributed by atoms with Crippen molar-refractivity contribution in [2.75, 3.05) is 24.4 Å². The number of amides is 2. The van der Waals surface area contributed by atoms with Crippen LogP contribution in [0.2, 0.25) is 0 Å². The first-order chi connectivity index (χ1) is 12.5. The number of nitrogens with one attached hydrogen (secondary N) is 2. The van der Waals surface area contributed by atoms with E-state index in [4.69, 9.17) is 4.74 Å². The molecule has 0 saturated heterocycles. The van der Waals surface area contributed by atoms with Gasteiger partial charge in [0.25, 0.3) is 5.91 Å². The van der Waals surface area contributed by atoms with Gasteiger partial charge in [0.2, 0.25) is 5.91 Å². The molecule has 0 aliphatic carbocycles. The molecule has 138 valence electrons. The monoisotopic (exact) mass is 372 g/mol. The van der Waals surface area contributed by atoms with Gasteiger partial charge in [0.05, 0.1) is 12.7 Å². The van der Waals surface area contributed by atoms with Gasteiger partial charge in [-0.25, -0.2) is 0 Å². The van der Waals surface area contributed by atoms with E-state index in [-0.39, 0.29) is 11.8 Å². The molecule has 26 heavy (non-hydrogen) atoms. The van der Waals surface area contributed by atoms with E-state index in [0.717, 1.165) is 11.3 Å². The Bertz CT molecular complexity index is 747. The summed E-state index contributed by atoms with van der Waals surface area (Å²) in [7, 11) is 1.52. The van der Waals surface area contributed by atoms with Crippen LogP contribution in [0.25, 0.3) is 0 Å². The number of para-hydroxylation sites is 1. The molecule has 6 heteroatoms. The molecule has 0 saturated carbocycles. The van der Waals surface area contributed by atoms with Crippen molar-refractivity contribution in [1.82, 2.24) is 5.32 Å². The van der Waals surface area contributed by atoms with Gasteiger partial charge in [-0.2, -0.15) is 11.8 Å². The number of carbonyl (C=O) groups excluding carboxylic acids is 2. The SMILES string of the molecule is COc1ccccc1C(=O)N[C@H](CCSC)C(=O)Nc1ccc(C)cc1. The number of hydrogen-bond acceptors (Lipinski definition) is 4. The lowest BCUT2D eigenvalue weighted by molar-refractivity contribution is -0.118. The van der Waals surface area contributed by atoms with Crippen molar-refractivity contribution in [2.24, 2.45) is 0 Å². The van der Waals surface area contributed by atoms with Crippen molar-refractivity contribution in [2.45, 2.75) is 19.4 Å². The quantitative estimate of drug-likeness (QED) is 0.744. The third kappa shape index (κ3) is 5.52. The molecule has 0 radical (unpaired) electrons. The third-order valence-corrected chi connectivity index (χ3v) is 4.55. The Morgan fingerprint density at radius 2 is 1.81 bits per heavy atom. The van der Waals surface area contributed by atoms with E-state index in [9.17, 15) is 9.59 Å². The first-order valence-electron chi connectivity index (χ1n) is 8.35. The van der Waals surface area contributed by atoms with Crippen LogP contribution in [0, 0.1) is 6.92 Å². The zero-order valence-corrected chi connectivity index (χ0v) is 16.1. The molecule has 0 spiro atoms. The van der Waals surface area contributed by atoms with Gasteiger partial charge in [-0.05, 0) is 49.6 Å². The van der Waals surface area contributed by atoms with E-state index in [2.05, 4.69) is 10.6 Å². The first kappa shape index (κ1) is 19.8. The molecular formula is C20H24N2O3S. The van der Waals surface area contributed by atoms with Crippen molar-refractivity contribution in [1.29, 1.82) is 0 Å². The number of carbonyl (C=O) groups is 2. The van der Waals surface area contributed by atoms with Gasteiger partial charge in [-0.3, -0.25) is 9.59 Å². The van der Waals surface area contributed by atoms with Crippen LogP contribution < -0.4 is 15.4 Å². The van der Waals surface area contributed by atoms with Crippen molar-refractivity contribution < 1.29 is 14.3 Å². The zero-order chi connectivity index (χ0) is 18.9. The summed E-state index contributed by atoms with van der Waals surface area (Å²) >= 11 is 1.63. The number of aryl methyl sites for hydroxylation is 1. The maximum absolute atomic E-state index is 12.7. The standard InChI is InChI=1S/C20H24N2O3S/c1-14-8-10-15(11-9-14)21-20(24)17(12-13-26-3)22-19(23)16-6-4-5-7-18(16)25-2/h4-11,17H,12-13H2,1-3H3,(H,21,24)(H,22,23)/t17-/m1/s1. The lowest BCUT2D eigenvalue weighted by atomic mass is 10.1. The number of hydrogen-bond donors (Lipinski definition) is 2. The number of anilines is 1. The van der Waals surface area contributed by atoms with E-state index >= 15 is 0 Å². The second-order valence-electron chi connectivity index (χ2n) is 5.86. The Morgan fingerprint density at radius 1 is 1.12 bits per heavy atom. The maximum atomic E-state index is 12.7. The van der Waals surface area contributed by atoms with Crippen LogP contribution in [0.5, 0.6) is 5.75 Å². The fraction of sp³-hybridized carbons (Fsp3) is 0.300. The predicted octanol–water partition coefficient (Wildman–Crippen LogP) is 3.49. The summed E-state index contributed by atoms with van der Waals surface area (Å²) in [5, 5.41) is 5.70. The molecule has 2 aromatic rings. The molecule has 0 unspecified atom stereocenters. The fourth-order valence-electron chi connectivity index (χ4n) is 2.44. The Hall–Kier alpha value is -2.47. The van der Waals surface area contributed by atoms with Crippen molar-refractivity contribution in [3.63, 3.8) is 0 Å². The van der Waals surface area contributed by atoms with Crippen LogP contribution in [0.15, 0.2) is 48.5 Å². The summed E-state index contributed by atoms with van der Waals surface area (Å²) < 4.78 is 5.23. The van der Waals surface area contributed by atoms with E-state index in [1.165, 1.54) is 7.11 Å². The van der Waals surface area contributed by atoms with E-state index in [0.29, 0.717) is 23.4 Å². The highest BCUT2D eigenvalue weighted by molar-refractivity contribution is 7.98. The molecule has 1 atom stereocenters. The fourth-order valence-corrected chi connectivity index (χ4v) is 2.91. The highest BCUT2D eigenvalue weighted by atomic mass is 32.2. The summed E-state index contributed by atoms with van der Waals surface area (Å²) in [4.78, 5) is 25.3. The largest absolute Gasteiger partial charge is 0.496 e. The molecule has 2 rings (SSSR count). The molecule has 0 aliphatic heterocycles. The molecule has 0 fully saturated rings. The second kappa shape index (κ2) is 9.87. The Kier molecular flexibility index (Phi) is 7.53. The second-order valence-corrected chi connectivity index (χ2v) is 6.85. The van der Waals surface area contributed by atoms with Crippen LogP contribution in [0.1, 0.15) is 22.3 Å². The van der Waals surface area contributed by atoms with Gasteiger partial charge >= 0.3 is 0 Å². The lowest BCUT2D eigenvalue weighted by Crippen LogP contribution is -2.44. The number of rotatable bonds is 8. The van der Waals surface area contributed by atoms with Crippen molar-refractivity contribution in [3.05, 3.63) is 59.7 Å². The van der Waals surface area contributed by atoms with Crippen LogP contribution in [0.4, 0.5) is 5.69 Å². The molecule has 0 heterocycles. The average Bonchev–Trinajstić information content (AvgIpc) is 2.66. The Balaban J connectivity index is 2.11. The average molecular weight is 372 g/mol. The maximum Gasteiger partial charge on any atom is 0.255 e. The number of thioether (sulfide) groups is 1. The lowest BCUT2D eigenvalue weighted by Gasteiger charge is -2.19. The van der Waals surface area contributed by atoms with E-state index < -0.39 is 6.04 Å². The number of methoxy groups -OCH3 is 1. The topological polar surface area (TPSA) is 67.4 Å². The molecule has 2 amide bonds. The highest BCUT2D eigenvalue weighted by Crippen LogP contribution is 2.18. The zero-order valence-electron chi connectivity index (χ0n) is 15.2. The molecular weight excluding hydrogens is 348 g/mol. The summed E-state index contributed by atoms with van der Waals surface area (Å²) in [6.07, 6.45) is 2.51. The van der Waals surface area contributed by atoms with Gasteiger partial charge in [0.1, 0.15) is 11.8 Å². The minimum Gasteiger partial charge on any atom is -0.496 e. The van der Waals surface area contributed by atoms with Crippen LogP contribution in [0.3, 0.4) is 0 Å². The number of benzene rings is 2. The van der Waals surface area contributed by atoms with E-state index in [1.54, 1.807) is 36.0 Å². The first-order valence-corrected chi connectivity index (χ1v) is 9.75. The summed E-state index contributed by atoms with van der Waals surface area (Å²) in [5.74, 6) is 0.685. The van der Waals surface area contributed by atoms with Gasteiger partial charge in [0.15, 0.2) is 0 Å². The normalized spacial score (nSPS) is 11.5. The Morgan fingerprint density at radius 3 is 2.46 bits per heavy atom. The predicted molar refractivity (Wildman–Crippen MR) is 107 cm³/mol. The van der Waals surface area contributed by atoms with Crippen LogP contribution >= 0.6 is 11.8 Å². The van der Waals surface area contributed by atoms with Gasteiger partial charge in [0, 0.05) is 5.69 Å². The van der Waals surface area contributed by atoms with Crippen LogP contribution in [-0.4, -0.2) is 37.0 Å². The minimum absolute atomic E-state index is 0.230. The third-order valence-electron chi connectivity index (χ3n) is 3.90. The summed E-state index contributed by atoms with van der Waals surface area (Å²) in [6, 6.07) is 13.9. The van der Waals surface area contributed by atoms with Gasteiger partial charge < -0.3 is 15.4 Å². The molecule has 2 N–H and O–H groups in total. The van der Waals surface area contributed by atoms with Gasteiger partial charge in [-0.15, -0.1) is 0 Å². The van der Waals surface area contributed by atoms with Crippen LogP contribution in [-0.2, 0) is 4.79 Å².